The molecule has 1 amide bonds. The second-order valence-electron chi connectivity index (χ2n) is 8.52. The minimum Gasteiger partial charge on any atom is -0.454 e. The van der Waals surface area contributed by atoms with E-state index in [1.165, 1.54) is 6.07 Å². The summed E-state index contributed by atoms with van der Waals surface area (Å²) in [5.41, 5.74) is 1.84. The Morgan fingerprint density at radius 3 is 2.56 bits per heavy atom. The number of nitrogens with zero attached hydrogens (tertiary/aromatic N) is 2. The molecule has 0 aromatic heterocycles. The van der Waals surface area contributed by atoms with Gasteiger partial charge in [-0.05, 0) is 41.0 Å². The van der Waals surface area contributed by atoms with Crippen molar-refractivity contribution >= 4 is 38.4 Å². The topological polar surface area (TPSA) is 104 Å². The molecule has 0 saturated carbocycles. The summed E-state index contributed by atoms with van der Waals surface area (Å²) >= 11 is 0. The van der Waals surface area contributed by atoms with Crippen LogP contribution >= 0.6 is 0 Å². The average Bonchev–Trinajstić information content (AvgIpc) is 3.46. The lowest BCUT2D eigenvalue weighted by atomic mass is 10.1. The zero-order valence-corrected chi connectivity index (χ0v) is 19.1. The van der Waals surface area contributed by atoms with Crippen molar-refractivity contribution in [2.24, 2.45) is 0 Å². The molecule has 1 saturated heterocycles. The third-order valence-corrected chi connectivity index (χ3v) is 8.23. The first-order valence-corrected chi connectivity index (χ1v) is 12.5. The van der Waals surface area contributed by atoms with Crippen molar-refractivity contribution in [3.05, 3.63) is 72.3 Å². The Morgan fingerprint density at radius 1 is 1.00 bits per heavy atom. The van der Waals surface area contributed by atoms with Crippen LogP contribution in [0, 0.1) is 0 Å². The summed E-state index contributed by atoms with van der Waals surface area (Å²) in [6.45, 7) is -0.216. The minimum atomic E-state index is -4.07. The van der Waals surface area contributed by atoms with Gasteiger partial charge in [0.25, 0.3) is 5.91 Å². The molecule has 1 unspecified atom stereocenters. The van der Waals surface area contributed by atoms with Crippen molar-refractivity contribution in [3.8, 4) is 0 Å². The summed E-state index contributed by atoms with van der Waals surface area (Å²) in [7, 11) is -4.07. The summed E-state index contributed by atoms with van der Waals surface area (Å²) in [4.78, 5) is 27.1. The Kier molecular flexibility index (Phi) is 5.85. The second kappa shape index (κ2) is 8.83. The summed E-state index contributed by atoms with van der Waals surface area (Å²) in [5, 5.41) is 11.8. The van der Waals surface area contributed by atoms with Gasteiger partial charge in [-0.3, -0.25) is 9.59 Å². The number of amides is 1. The van der Waals surface area contributed by atoms with Crippen LogP contribution in [0.25, 0.3) is 10.8 Å². The van der Waals surface area contributed by atoms with E-state index in [9.17, 15) is 23.1 Å². The van der Waals surface area contributed by atoms with Crippen molar-refractivity contribution in [1.29, 1.82) is 0 Å². The van der Waals surface area contributed by atoms with E-state index < -0.39 is 34.7 Å². The molecule has 3 aromatic rings. The van der Waals surface area contributed by atoms with Gasteiger partial charge in [0.1, 0.15) is 6.04 Å². The normalized spacial score (nSPS) is 20.4. The number of para-hydroxylation sites is 1. The van der Waals surface area contributed by atoms with E-state index in [1.807, 2.05) is 42.5 Å². The van der Waals surface area contributed by atoms with Crippen LogP contribution in [-0.2, 0) is 30.8 Å². The summed E-state index contributed by atoms with van der Waals surface area (Å²) in [6.07, 6.45) is -0.372. The number of β-amino-alcohol motifs (C(OH)–C–C–N with tert-alkyl or cyclic N) is 1. The molecule has 2 aliphatic rings. The van der Waals surface area contributed by atoms with Crippen LogP contribution in [0.3, 0.4) is 0 Å². The highest BCUT2D eigenvalue weighted by atomic mass is 32.2. The molecular weight excluding hydrogens is 456 g/mol. The molecule has 8 nitrogen and oxygen atoms in total. The van der Waals surface area contributed by atoms with Crippen LogP contribution in [0.2, 0.25) is 0 Å². The van der Waals surface area contributed by atoms with Gasteiger partial charge in [0.2, 0.25) is 10.0 Å². The molecule has 9 heteroatoms. The smallest absolute Gasteiger partial charge is 0.325 e. The monoisotopic (exact) mass is 480 g/mol. The van der Waals surface area contributed by atoms with Crippen LogP contribution < -0.4 is 4.90 Å². The maximum Gasteiger partial charge on any atom is 0.325 e. The maximum atomic E-state index is 13.4. The zero-order valence-electron chi connectivity index (χ0n) is 18.3. The van der Waals surface area contributed by atoms with Crippen LogP contribution in [-0.4, -0.2) is 61.5 Å². The number of sulfonamides is 1. The first kappa shape index (κ1) is 22.5. The van der Waals surface area contributed by atoms with Crippen LogP contribution in [0.15, 0.2) is 71.6 Å². The predicted molar refractivity (Wildman–Crippen MR) is 126 cm³/mol. The quantitative estimate of drug-likeness (QED) is 0.561. The highest BCUT2D eigenvalue weighted by Gasteiger charge is 2.44. The highest BCUT2D eigenvalue weighted by molar-refractivity contribution is 7.89. The number of aliphatic hydroxyl groups excluding tert-OH is 1. The first-order valence-electron chi connectivity index (χ1n) is 11.1. The van der Waals surface area contributed by atoms with E-state index in [4.69, 9.17) is 4.74 Å². The SMILES string of the molecule is O=C(OCC(=O)N1CCc2ccccc21)[C@@H]1CC(O)CN1S(=O)(=O)c1ccc2ccccc2c1. The number of esters is 1. The van der Waals surface area contributed by atoms with Crippen molar-refractivity contribution in [2.45, 2.75) is 29.9 Å². The van der Waals surface area contributed by atoms with Crippen molar-refractivity contribution in [3.63, 3.8) is 0 Å². The number of hydrogen-bond acceptors (Lipinski definition) is 6. The maximum absolute atomic E-state index is 13.4. The third-order valence-electron chi connectivity index (χ3n) is 6.36. The fourth-order valence-corrected chi connectivity index (χ4v) is 6.29. The van der Waals surface area contributed by atoms with E-state index >= 15 is 0 Å². The van der Waals surface area contributed by atoms with Gasteiger partial charge >= 0.3 is 5.97 Å². The van der Waals surface area contributed by atoms with Gasteiger partial charge in [0.15, 0.2) is 6.61 Å². The van der Waals surface area contributed by atoms with Gasteiger partial charge in [0, 0.05) is 25.2 Å². The van der Waals surface area contributed by atoms with Gasteiger partial charge in [-0.15, -0.1) is 0 Å². The molecule has 3 aromatic carbocycles. The molecule has 1 N–H and O–H groups in total. The molecule has 2 aliphatic heterocycles. The Morgan fingerprint density at radius 2 is 1.74 bits per heavy atom. The van der Waals surface area contributed by atoms with E-state index in [0.29, 0.717) is 6.54 Å². The third kappa shape index (κ3) is 4.06. The van der Waals surface area contributed by atoms with Gasteiger partial charge in [-0.25, -0.2) is 8.42 Å². The Hall–Kier alpha value is -3.27. The number of anilines is 1. The predicted octanol–water partition coefficient (Wildman–Crippen LogP) is 2.10. The Balaban J connectivity index is 1.31. The fourth-order valence-electron chi connectivity index (χ4n) is 4.63. The summed E-state index contributed by atoms with van der Waals surface area (Å²) in [5.74, 6) is -1.22. The highest BCUT2D eigenvalue weighted by Crippen LogP contribution is 2.30. The lowest BCUT2D eigenvalue weighted by molar-refractivity contribution is -0.151. The number of fused-ring (bicyclic) bond motifs is 2. The zero-order chi connectivity index (χ0) is 23.9. The molecule has 0 spiro atoms. The number of aliphatic hydroxyl groups is 1. The van der Waals surface area contributed by atoms with Gasteiger partial charge < -0.3 is 14.7 Å². The fraction of sp³-hybridized carbons (Fsp3) is 0.280. The van der Waals surface area contributed by atoms with Gasteiger partial charge in [-0.2, -0.15) is 4.31 Å². The van der Waals surface area contributed by atoms with E-state index in [1.54, 1.807) is 23.1 Å². The lowest BCUT2D eigenvalue weighted by Gasteiger charge is -2.23. The number of hydrogen-bond donors (Lipinski definition) is 1. The molecule has 0 bridgehead atoms. The molecule has 0 aliphatic carbocycles. The summed E-state index contributed by atoms with van der Waals surface area (Å²) in [6, 6.07) is 18.4. The van der Waals surface area contributed by atoms with Crippen molar-refractivity contribution in [2.75, 3.05) is 24.6 Å². The second-order valence-corrected chi connectivity index (χ2v) is 10.4. The van der Waals surface area contributed by atoms with Gasteiger partial charge in [-0.1, -0.05) is 48.5 Å². The Bertz CT molecular complexity index is 1370. The van der Waals surface area contributed by atoms with E-state index in [-0.39, 0.29) is 23.8 Å². The standard InChI is InChI=1S/C25H24N2O6S/c28-20-14-23(25(30)33-16-24(29)26-12-11-18-6-3-4-8-22(18)26)27(15-20)34(31,32)21-10-9-17-5-1-2-7-19(17)13-21/h1-10,13,20,23,28H,11-12,14-16H2/t20?,23-/m0/s1. The molecule has 2 atom stereocenters. The molecule has 176 valence electrons. The number of ether oxygens (including phenoxy) is 1. The Labute approximate surface area is 197 Å². The van der Waals surface area contributed by atoms with E-state index in [2.05, 4.69) is 0 Å². The van der Waals surface area contributed by atoms with Crippen molar-refractivity contribution in [1.82, 2.24) is 4.31 Å². The number of benzene rings is 3. The largest absolute Gasteiger partial charge is 0.454 e. The lowest BCUT2D eigenvalue weighted by Crippen LogP contribution is -2.42. The van der Waals surface area contributed by atoms with Crippen LogP contribution in [0.5, 0.6) is 0 Å². The molecule has 34 heavy (non-hydrogen) atoms. The molecule has 5 rings (SSSR count). The first-order chi connectivity index (χ1) is 16.3. The summed E-state index contributed by atoms with van der Waals surface area (Å²) < 4.78 is 32.9. The molecule has 2 heterocycles. The average molecular weight is 481 g/mol. The minimum absolute atomic E-state index is 0.0304. The number of rotatable bonds is 5. The van der Waals surface area contributed by atoms with Crippen LogP contribution in [0.1, 0.15) is 12.0 Å². The van der Waals surface area contributed by atoms with Gasteiger partial charge in [0.05, 0.1) is 11.0 Å². The number of carbonyl (C=O) groups is 2. The number of carbonyl (C=O) groups excluding carboxylic acids is 2. The molecule has 0 radical (unpaired) electrons. The van der Waals surface area contributed by atoms with Crippen molar-refractivity contribution < 1.29 is 27.9 Å². The van der Waals surface area contributed by atoms with E-state index in [0.717, 1.165) is 32.7 Å². The molecule has 1 fully saturated rings. The van der Waals surface area contributed by atoms with Crippen LogP contribution in [0.4, 0.5) is 5.69 Å². The molecular formula is C25H24N2O6S.